The first kappa shape index (κ1) is 14.1. The average molecular weight is 296 g/mol. The second-order valence-corrected chi connectivity index (χ2v) is 5.11. The maximum Gasteiger partial charge on any atom is 0.271 e. The molecule has 0 radical (unpaired) electrons. The quantitative estimate of drug-likeness (QED) is 0.700. The molecule has 112 valence electrons. The molecule has 5 nitrogen and oxygen atoms in total. The van der Waals surface area contributed by atoms with Gasteiger partial charge in [0.05, 0.1) is 6.21 Å². The van der Waals surface area contributed by atoms with E-state index in [2.05, 4.69) is 10.5 Å². The number of aryl methyl sites for hydroxylation is 2. The van der Waals surface area contributed by atoms with Crippen LogP contribution in [-0.4, -0.2) is 18.9 Å². The van der Waals surface area contributed by atoms with Crippen molar-refractivity contribution in [1.29, 1.82) is 0 Å². The Morgan fingerprint density at radius 3 is 2.73 bits per heavy atom. The summed E-state index contributed by atoms with van der Waals surface area (Å²) in [6, 6.07) is 11.0. The van der Waals surface area contributed by atoms with E-state index in [1.807, 2.05) is 44.2 Å². The van der Waals surface area contributed by atoms with Crippen molar-refractivity contribution in [2.24, 2.45) is 5.10 Å². The lowest BCUT2D eigenvalue weighted by Gasteiger charge is -2.03. The van der Waals surface area contributed by atoms with Crippen LogP contribution in [0, 0.1) is 13.8 Å². The van der Waals surface area contributed by atoms with Gasteiger partial charge in [-0.1, -0.05) is 6.07 Å². The first-order chi connectivity index (χ1) is 10.6. The lowest BCUT2D eigenvalue weighted by atomic mass is 10.1. The lowest BCUT2D eigenvalue weighted by molar-refractivity contribution is 0.0955. The predicted molar refractivity (Wildman–Crippen MR) is 83.5 cm³/mol. The van der Waals surface area contributed by atoms with Crippen LogP contribution in [0.2, 0.25) is 0 Å². The van der Waals surface area contributed by atoms with Gasteiger partial charge < -0.3 is 9.47 Å². The average Bonchev–Trinajstić information content (AvgIpc) is 2.97. The fourth-order valence-corrected chi connectivity index (χ4v) is 2.11. The molecule has 5 heteroatoms. The summed E-state index contributed by atoms with van der Waals surface area (Å²) in [6.07, 6.45) is 1.57. The maximum atomic E-state index is 12.0. The second kappa shape index (κ2) is 5.89. The highest BCUT2D eigenvalue weighted by Crippen LogP contribution is 2.31. The molecular formula is C17H16N2O3. The normalized spacial score (nSPS) is 12.6. The Balaban J connectivity index is 1.66. The first-order valence-electron chi connectivity index (χ1n) is 6.94. The highest BCUT2D eigenvalue weighted by Gasteiger charge is 2.12. The summed E-state index contributed by atoms with van der Waals surface area (Å²) in [5.74, 6) is 1.17. The molecule has 0 aliphatic carbocycles. The monoisotopic (exact) mass is 296 g/mol. The Hall–Kier alpha value is -2.82. The number of amides is 1. The van der Waals surface area contributed by atoms with Gasteiger partial charge in [-0.2, -0.15) is 5.10 Å². The highest BCUT2D eigenvalue weighted by atomic mass is 16.7. The summed E-state index contributed by atoms with van der Waals surface area (Å²) in [6.45, 7) is 4.22. The Kier molecular flexibility index (Phi) is 3.78. The van der Waals surface area contributed by atoms with Crippen molar-refractivity contribution in [3.05, 3.63) is 58.7 Å². The number of nitrogens with zero attached hydrogens (tertiary/aromatic N) is 1. The minimum Gasteiger partial charge on any atom is -0.454 e. The molecule has 2 aromatic rings. The third-order valence-corrected chi connectivity index (χ3v) is 3.55. The number of hydrogen-bond acceptors (Lipinski definition) is 4. The van der Waals surface area contributed by atoms with Crippen LogP contribution in [0.15, 0.2) is 41.5 Å². The highest BCUT2D eigenvalue weighted by molar-refractivity contribution is 5.95. The van der Waals surface area contributed by atoms with Gasteiger partial charge in [0.25, 0.3) is 5.91 Å². The third-order valence-electron chi connectivity index (χ3n) is 3.55. The fraction of sp³-hybridized carbons (Fsp3) is 0.176. The number of hydrogen-bond donors (Lipinski definition) is 1. The van der Waals surface area contributed by atoms with Gasteiger partial charge in [0.1, 0.15) is 0 Å². The molecule has 0 fully saturated rings. The van der Waals surface area contributed by atoms with E-state index in [0.29, 0.717) is 11.3 Å². The molecule has 3 rings (SSSR count). The van der Waals surface area contributed by atoms with E-state index in [-0.39, 0.29) is 12.7 Å². The van der Waals surface area contributed by atoms with Gasteiger partial charge in [0, 0.05) is 5.56 Å². The third kappa shape index (κ3) is 2.93. The lowest BCUT2D eigenvalue weighted by Crippen LogP contribution is -2.17. The molecule has 0 saturated carbocycles. The standard InChI is InChI=1S/C17H16N2O3/c1-11-3-5-14(7-12(11)2)17(20)19-18-9-13-4-6-15-16(8-13)22-10-21-15/h3-9H,10H2,1-2H3,(H,19,20)/b18-9+. The number of fused-ring (bicyclic) bond motifs is 1. The van der Waals surface area contributed by atoms with Gasteiger partial charge in [-0.15, -0.1) is 0 Å². The summed E-state index contributed by atoms with van der Waals surface area (Å²) in [5.41, 5.74) is 6.16. The summed E-state index contributed by atoms with van der Waals surface area (Å²) in [5, 5.41) is 3.97. The van der Waals surface area contributed by atoms with Crippen LogP contribution in [0.5, 0.6) is 11.5 Å². The fourth-order valence-electron chi connectivity index (χ4n) is 2.11. The molecule has 0 bridgehead atoms. The van der Waals surface area contributed by atoms with Crippen LogP contribution >= 0.6 is 0 Å². The van der Waals surface area contributed by atoms with E-state index in [4.69, 9.17) is 9.47 Å². The summed E-state index contributed by atoms with van der Waals surface area (Å²) < 4.78 is 10.5. The topological polar surface area (TPSA) is 59.9 Å². The number of rotatable bonds is 3. The largest absolute Gasteiger partial charge is 0.454 e. The molecule has 0 aromatic heterocycles. The van der Waals surface area contributed by atoms with E-state index >= 15 is 0 Å². The van der Waals surface area contributed by atoms with Gasteiger partial charge in [-0.25, -0.2) is 5.43 Å². The summed E-state index contributed by atoms with van der Waals surface area (Å²) in [7, 11) is 0. The number of ether oxygens (including phenoxy) is 2. The van der Waals surface area contributed by atoms with Gasteiger partial charge in [0.2, 0.25) is 6.79 Å². The van der Waals surface area contributed by atoms with Crippen molar-refractivity contribution in [2.75, 3.05) is 6.79 Å². The van der Waals surface area contributed by atoms with Crippen LogP contribution in [0.4, 0.5) is 0 Å². The summed E-state index contributed by atoms with van der Waals surface area (Å²) >= 11 is 0. The number of carbonyl (C=O) groups is 1. The van der Waals surface area contributed by atoms with Crippen molar-refractivity contribution < 1.29 is 14.3 Å². The Bertz CT molecular complexity index is 754. The van der Waals surface area contributed by atoms with E-state index in [0.717, 1.165) is 22.4 Å². The Morgan fingerprint density at radius 1 is 1.09 bits per heavy atom. The van der Waals surface area contributed by atoms with Crippen molar-refractivity contribution in [3.8, 4) is 11.5 Å². The molecular weight excluding hydrogens is 280 g/mol. The van der Waals surface area contributed by atoms with Gasteiger partial charge in [0.15, 0.2) is 11.5 Å². The van der Waals surface area contributed by atoms with Crippen molar-refractivity contribution in [1.82, 2.24) is 5.43 Å². The van der Waals surface area contributed by atoms with Crippen LogP contribution in [-0.2, 0) is 0 Å². The molecule has 1 aliphatic rings. The zero-order valence-electron chi connectivity index (χ0n) is 12.4. The van der Waals surface area contributed by atoms with Crippen molar-refractivity contribution >= 4 is 12.1 Å². The zero-order chi connectivity index (χ0) is 15.5. The molecule has 1 aliphatic heterocycles. The van der Waals surface area contributed by atoms with E-state index in [1.165, 1.54) is 0 Å². The first-order valence-corrected chi connectivity index (χ1v) is 6.94. The van der Waals surface area contributed by atoms with Gasteiger partial charge >= 0.3 is 0 Å². The van der Waals surface area contributed by atoms with Crippen LogP contribution < -0.4 is 14.9 Å². The number of benzene rings is 2. The minimum absolute atomic E-state index is 0.236. The van der Waals surface area contributed by atoms with Gasteiger partial charge in [-0.05, 0) is 60.9 Å². The molecule has 2 aromatic carbocycles. The van der Waals surface area contributed by atoms with E-state index in [1.54, 1.807) is 12.3 Å². The minimum atomic E-state index is -0.236. The molecule has 22 heavy (non-hydrogen) atoms. The molecule has 1 amide bonds. The Morgan fingerprint density at radius 2 is 1.91 bits per heavy atom. The number of nitrogens with one attached hydrogen (secondary N) is 1. The molecule has 0 spiro atoms. The molecule has 1 heterocycles. The van der Waals surface area contributed by atoms with Crippen molar-refractivity contribution in [3.63, 3.8) is 0 Å². The predicted octanol–water partition coefficient (Wildman–Crippen LogP) is 2.80. The van der Waals surface area contributed by atoms with Crippen LogP contribution in [0.3, 0.4) is 0 Å². The van der Waals surface area contributed by atoms with Gasteiger partial charge in [-0.3, -0.25) is 4.79 Å². The Labute approximate surface area is 128 Å². The smallest absolute Gasteiger partial charge is 0.271 e. The molecule has 1 N–H and O–H groups in total. The van der Waals surface area contributed by atoms with E-state index < -0.39 is 0 Å². The molecule has 0 saturated heterocycles. The van der Waals surface area contributed by atoms with Crippen LogP contribution in [0.25, 0.3) is 0 Å². The number of carbonyl (C=O) groups excluding carboxylic acids is 1. The second-order valence-electron chi connectivity index (χ2n) is 5.11. The van der Waals surface area contributed by atoms with Crippen molar-refractivity contribution in [2.45, 2.75) is 13.8 Å². The van der Waals surface area contributed by atoms with E-state index in [9.17, 15) is 4.79 Å². The summed E-state index contributed by atoms with van der Waals surface area (Å²) in [4.78, 5) is 12.0. The SMILES string of the molecule is Cc1ccc(C(=O)N/N=C/c2ccc3c(c2)OCO3)cc1C. The van der Waals surface area contributed by atoms with Crippen LogP contribution in [0.1, 0.15) is 27.0 Å². The zero-order valence-corrected chi connectivity index (χ0v) is 12.4. The maximum absolute atomic E-state index is 12.0. The molecule has 0 atom stereocenters. The molecule has 0 unspecified atom stereocenters. The number of hydrazone groups is 1.